The fourth-order valence-corrected chi connectivity index (χ4v) is 1.73. The minimum atomic E-state index is -1.36. The highest BCUT2D eigenvalue weighted by Gasteiger charge is 2.23. The molecule has 0 aliphatic carbocycles. The summed E-state index contributed by atoms with van der Waals surface area (Å²) >= 11 is 0. The van der Waals surface area contributed by atoms with Gasteiger partial charge in [-0.25, -0.2) is 9.48 Å². The van der Waals surface area contributed by atoms with Crippen LogP contribution in [-0.4, -0.2) is 28.0 Å². The smallest absolute Gasteiger partial charge is 0.355 e. The number of carbonyl (C=O) groups is 1. The lowest BCUT2D eigenvalue weighted by Gasteiger charge is -2.05. The fraction of sp³-hybridized carbons (Fsp3) is 0.0833. The molecule has 0 bridgehead atoms. The van der Waals surface area contributed by atoms with Crippen LogP contribution in [0.1, 0.15) is 16.2 Å². The second kappa shape index (κ2) is 5.64. The van der Waals surface area contributed by atoms with Gasteiger partial charge in [0.15, 0.2) is 11.4 Å². The molecule has 0 amide bonds. The SMILES string of the molecule is COc1ccc(-n2nc(C#N)c(N=[N+]=[N-])c2C(=O)O)cc1. The summed E-state index contributed by atoms with van der Waals surface area (Å²) in [6, 6.07) is 8.07. The third-order valence-electron chi connectivity index (χ3n) is 2.63. The summed E-state index contributed by atoms with van der Waals surface area (Å²) in [5, 5.41) is 25.3. The Balaban J connectivity index is 2.70. The Kier molecular flexibility index (Phi) is 3.74. The zero-order valence-corrected chi connectivity index (χ0v) is 10.8. The molecular formula is C12H8N6O3. The number of ether oxygens (including phenoxy) is 1. The normalized spacial score (nSPS) is 9.52. The van der Waals surface area contributed by atoms with E-state index in [4.69, 9.17) is 15.5 Å². The van der Waals surface area contributed by atoms with Gasteiger partial charge in [0.25, 0.3) is 0 Å². The van der Waals surface area contributed by atoms with Gasteiger partial charge in [-0.15, -0.1) is 0 Å². The molecule has 104 valence electrons. The summed E-state index contributed by atoms with van der Waals surface area (Å²) in [4.78, 5) is 13.9. The van der Waals surface area contributed by atoms with E-state index < -0.39 is 5.97 Å². The van der Waals surface area contributed by atoms with Gasteiger partial charge in [-0.1, -0.05) is 5.11 Å². The standard InChI is InChI=1S/C12H8N6O3/c1-21-8-4-2-7(3-5-8)18-11(12(19)20)10(15-17-14)9(6-13)16-18/h2-5H,1H3,(H,19,20). The van der Waals surface area contributed by atoms with Crippen LogP contribution in [0.25, 0.3) is 16.1 Å². The number of carboxylic acids is 1. The molecule has 9 heteroatoms. The van der Waals surface area contributed by atoms with Crippen molar-refractivity contribution in [1.29, 1.82) is 5.26 Å². The average Bonchev–Trinajstić information content (AvgIpc) is 2.86. The monoisotopic (exact) mass is 284 g/mol. The van der Waals surface area contributed by atoms with Crippen LogP contribution in [0.5, 0.6) is 5.75 Å². The van der Waals surface area contributed by atoms with Gasteiger partial charge < -0.3 is 9.84 Å². The van der Waals surface area contributed by atoms with E-state index in [2.05, 4.69) is 15.1 Å². The molecule has 0 saturated heterocycles. The van der Waals surface area contributed by atoms with Crippen LogP contribution in [0.4, 0.5) is 5.69 Å². The first kappa shape index (κ1) is 13.9. The van der Waals surface area contributed by atoms with Crippen molar-refractivity contribution in [2.24, 2.45) is 5.11 Å². The Morgan fingerprint density at radius 2 is 2.19 bits per heavy atom. The number of methoxy groups -OCH3 is 1. The number of azide groups is 1. The summed E-state index contributed by atoms with van der Waals surface area (Å²) < 4.78 is 6.04. The first-order valence-corrected chi connectivity index (χ1v) is 5.58. The van der Waals surface area contributed by atoms with E-state index in [-0.39, 0.29) is 17.1 Å². The number of benzene rings is 1. The van der Waals surface area contributed by atoms with Gasteiger partial charge in [0.1, 0.15) is 17.5 Å². The predicted octanol–water partition coefficient (Wildman–Crippen LogP) is 2.39. The predicted molar refractivity (Wildman–Crippen MR) is 70.6 cm³/mol. The number of hydrogen-bond donors (Lipinski definition) is 1. The number of nitrogens with zero attached hydrogens (tertiary/aromatic N) is 6. The topological polar surface area (TPSA) is 137 Å². The summed E-state index contributed by atoms with van der Waals surface area (Å²) in [6.45, 7) is 0. The number of nitriles is 1. The molecule has 1 N–H and O–H groups in total. The number of carboxylic acid groups (broad SMARTS) is 1. The first-order chi connectivity index (χ1) is 10.1. The third kappa shape index (κ3) is 2.47. The van der Waals surface area contributed by atoms with Crippen LogP contribution >= 0.6 is 0 Å². The largest absolute Gasteiger partial charge is 0.497 e. The summed E-state index contributed by atoms with van der Waals surface area (Å²) in [5.74, 6) is -0.777. The van der Waals surface area contributed by atoms with Gasteiger partial charge in [0.2, 0.25) is 0 Å². The molecule has 1 heterocycles. The molecule has 0 spiro atoms. The van der Waals surface area contributed by atoms with E-state index in [1.54, 1.807) is 30.3 Å². The molecule has 0 unspecified atom stereocenters. The molecular weight excluding hydrogens is 276 g/mol. The molecule has 9 nitrogen and oxygen atoms in total. The van der Waals surface area contributed by atoms with E-state index in [0.29, 0.717) is 11.4 Å². The summed E-state index contributed by atoms with van der Waals surface area (Å²) in [6.07, 6.45) is 0. The molecule has 1 aromatic heterocycles. The highest BCUT2D eigenvalue weighted by atomic mass is 16.5. The lowest BCUT2D eigenvalue weighted by atomic mass is 10.2. The Hall–Kier alpha value is -3.50. The van der Waals surface area contributed by atoms with Crippen molar-refractivity contribution in [1.82, 2.24) is 9.78 Å². The quantitative estimate of drug-likeness (QED) is 0.522. The van der Waals surface area contributed by atoms with E-state index in [1.807, 2.05) is 0 Å². The highest BCUT2D eigenvalue weighted by molar-refractivity contribution is 5.93. The molecule has 2 rings (SSSR count). The lowest BCUT2D eigenvalue weighted by Crippen LogP contribution is -2.08. The van der Waals surface area contributed by atoms with Crippen molar-refractivity contribution in [2.45, 2.75) is 0 Å². The van der Waals surface area contributed by atoms with E-state index in [0.717, 1.165) is 4.68 Å². The van der Waals surface area contributed by atoms with Gasteiger partial charge in [-0.2, -0.15) is 10.4 Å². The van der Waals surface area contributed by atoms with Gasteiger partial charge in [0, 0.05) is 4.91 Å². The average molecular weight is 284 g/mol. The number of hydrogen-bond acceptors (Lipinski definition) is 5. The molecule has 0 aliphatic heterocycles. The van der Waals surface area contributed by atoms with Crippen molar-refractivity contribution in [3.05, 3.63) is 46.1 Å². The van der Waals surface area contributed by atoms with E-state index >= 15 is 0 Å². The zero-order valence-electron chi connectivity index (χ0n) is 10.8. The lowest BCUT2D eigenvalue weighted by molar-refractivity contribution is 0.0688. The number of aromatic carboxylic acids is 1. The Morgan fingerprint density at radius 1 is 1.52 bits per heavy atom. The second-order valence-corrected chi connectivity index (χ2v) is 3.76. The zero-order chi connectivity index (χ0) is 15.4. The van der Waals surface area contributed by atoms with Gasteiger partial charge >= 0.3 is 5.97 Å². The molecule has 21 heavy (non-hydrogen) atoms. The van der Waals surface area contributed by atoms with Crippen LogP contribution in [0.3, 0.4) is 0 Å². The van der Waals surface area contributed by atoms with Crippen LogP contribution < -0.4 is 4.74 Å². The third-order valence-corrected chi connectivity index (χ3v) is 2.63. The Labute approximate surface area is 118 Å². The molecule has 0 aliphatic rings. The number of aromatic nitrogens is 2. The van der Waals surface area contributed by atoms with Crippen molar-refractivity contribution in [3.63, 3.8) is 0 Å². The molecule has 0 saturated carbocycles. The van der Waals surface area contributed by atoms with E-state index in [1.165, 1.54) is 7.11 Å². The maximum atomic E-state index is 11.4. The van der Waals surface area contributed by atoms with Gasteiger partial charge in [-0.05, 0) is 29.8 Å². The van der Waals surface area contributed by atoms with Crippen LogP contribution in [-0.2, 0) is 0 Å². The van der Waals surface area contributed by atoms with Gasteiger partial charge in [0.05, 0.1) is 12.8 Å². The molecule has 0 fully saturated rings. The first-order valence-electron chi connectivity index (χ1n) is 5.58. The van der Waals surface area contributed by atoms with Crippen LogP contribution in [0, 0.1) is 11.3 Å². The van der Waals surface area contributed by atoms with Crippen LogP contribution in [0.15, 0.2) is 29.4 Å². The Morgan fingerprint density at radius 3 is 2.67 bits per heavy atom. The minimum absolute atomic E-state index is 0.263. The Bertz CT molecular complexity index is 781. The molecule has 0 atom stereocenters. The van der Waals surface area contributed by atoms with Crippen molar-refractivity contribution < 1.29 is 14.6 Å². The summed E-state index contributed by atoms with van der Waals surface area (Å²) in [5.41, 5.74) is 7.93. The van der Waals surface area contributed by atoms with Crippen LogP contribution in [0.2, 0.25) is 0 Å². The van der Waals surface area contributed by atoms with Crippen molar-refractivity contribution >= 4 is 11.7 Å². The number of rotatable bonds is 4. The maximum Gasteiger partial charge on any atom is 0.355 e. The molecule has 2 aromatic rings. The highest BCUT2D eigenvalue weighted by Crippen LogP contribution is 2.27. The minimum Gasteiger partial charge on any atom is -0.497 e. The molecule has 1 aromatic carbocycles. The molecule has 0 radical (unpaired) electrons. The maximum absolute atomic E-state index is 11.4. The van der Waals surface area contributed by atoms with E-state index in [9.17, 15) is 9.90 Å². The second-order valence-electron chi connectivity index (χ2n) is 3.76. The fourth-order valence-electron chi connectivity index (χ4n) is 1.73. The van der Waals surface area contributed by atoms with Gasteiger partial charge in [-0.3, -0.25) is 0 Å². The van der Waals surface area contributed by atoms with Crippen molar-refractivity contribution in [3.8, 4) is 17.5 Å². The summed E-state index contributed by atoms with van der Waals surface area (Å²) in [7, 11) is 1.50. The van der Waals surface area contributed by atoms with Crippen molar-refractivity contribution in [2.75, 3.05) is 7.11 Å².